The lowest BCUT2D eigenvalue weighted by molar-refractivity contribution is -0.127. The normalized spacial score (nSPS) is 15.1. The van der Waals surface area contributed by atoms with Gasteiger partial charge in [-0.05, 0) is 37.6 Å². The van der Waals surface area contributed by atoms with Gasteiger partial charge in [0.25, 0.3) is 0 Å². The van der Waals surface area contributed by atoms with Gasteiger partial charge in [0.2, 0.25) is 0 Å². The molecule has 0 saturated heterocycles. The molecule has 0 spiro atoms. The van der Waals surface area contributed by atoms with Gasteiger partial charge in [-0.1, -0.05) is 63.6 Å². The predicted molar refractivity (Wildman–Crippen MR) is 151 cm³/mol. The molecule has 1 aromatic heterocycles. The highest BCUT2D eigenvalue weighted by atomic mass is 28.3. The SMILES string of the molecule is C/C=C/[C@H](OCOCC[Si](C)(C)C)C(C)(C)[C@@H](O)C/C=C\C#C/C=C/[C@@H](Cc1nc(C(=O)OC)co1)OC. The van der Waals surface area contributed by atoms with Gasteiger partial charge in [-0.25, -0.2) is 9.78 Å². The molecule has 0 aromatic carbocycles. The van der Waals surface area contributed by atoms with E-state index in [2.05, 4.69) is 41.2 Å². The Bertz CT molecular complexity index is 979. The molecular weight excluding hydrogens is 502 g/mol. The van der Waals surface area contributed by atoms with Crippen molar-refractivity contribution in [2.45, 2.75) is 77.6 Å². The highest BCUT2D eigenvalue weighted by Crippen LogP contribution is 2.31. The first-order valence-electron chi connectivity index (χ1n) is 12.8. The summed E-state index contributed by atoms with van der Waals surface area (Å²) >= 11 is 0. The number of hydrogen-bond donors (Lipinski definition) is 1. The summed E-state index contributed by atoms with van der Waals surface area (Å²) in [5.41, 5.74) is -0.406. The first kappa shape index (κ1) is 33.5. The fraction of sp³-hybridized carbons (Fsp3) is 0.586. The van der Waals surface area contributed by atoms with E-state index >= 15 is 0 Å². The Hall–Kier alpha value is -2.48. The molecule has 0 aliphatic carbocycles. The lowest BCUT2D eigenvalue weighted by atomic mass is 9.79. The average molecular weight is 548 g/mol. The van der Waals surface area contributed by atoms with Gasteiger partial charge < -0.3 is 28.5 Å². The van der Waals surface area contributed by atoms with Crippen LogP contribution in [-0.2, 0) is 25.4 Å². The second kappa shape index (κ2) is 17.2. The van der Waals surface area contributed by atoms with Crippen LogP contribution in [0.2, 0.25) is 25.7 Å². The minimum absolute atomic E-state index is 0.117. The number of hydrogen-bond acceptors (Lipinski definition) is 8. The topological polar surface area (TPSA) is 100 Å². The van der Waals surface area contributed by atoms with Crippen molar-refractivity contribution >= 4 is 14.0 Å². The summed E-state index contributed by atoms with van der Waals surface area (Å²) in [6, 6.07) is 1.09. The number of rotatable bonds is 16. The van der Waals surface area contributed by atoms with E-state index in [9.17, 15) is 9.90 Å². The van der Waals surface area contributed by atoms with Gasteiger partial charge in [0.05, 0.1) is 31.8 Å². The molecule has 1 rings (SSSR count). The summed E-state index contributed by atoms with van der Waals surface area (Å²) in [5, 5.41) is 10.9. The molecule has 0 bridgehead atoms. The third kappa shape index (κ3) is 12.8. The molecule has 0 unspecified atom stereocenters. The third-order valence-electron chi connectivity index (χ3n) is 5.95. The van der Waals surface area contributed by atoms with E-state index < -0.39 is 25.6 Å². The summed E-state index contributed by atoms with van der Waals surface area (Å²) in [7, 11) is 1.71. The van der Waals surface area contributed by atoms with E-state index in [-0.39, 0.29) is 24.7 Å². The molecule has 38 heavy (non-hydrogen) atoms. The molecule has 1 N–H and O–H groups in total. The zero-order valence-electron chi connectivity index (χ0n) is 24.2. The molecule has 3 atom stereocenters. The maximum atomic E-state index is 11.5. The Balaban J connectivity index is 2.56. The molecule has 1 aromatic rings. The van der Waals surface area contributed by atoms with Gasteiger partial charge in [-0.2, -0.15) is 0 Å². The molecule has 0 saturated carbocycles. The van der Waals surface area contributed by atoms with Crippen molar-refractivity contribution < 1.29 is 33.3 Å². The van der Waals surface area contributed by atoms with Crippen LogP contribution in [0.1, 0.15) is 43.6 Å². The molecule has 0 fully saturated rings. The van der Waals surface area contributed by atoms with Gasteiger partial charge >= 0.3 is 5.97 Å². The number of ether oxygens (including phenoxy) is 4. The van der Waals surface area contributed by atoms with E-state index in [0.717, 1.165) is 6.04 Å². The second-order valence-corrected chi connectivity index (χ2v) is 16.3. The van der Waals surface area contributed by atoms with Crippen molar-refractivity contribution in [1.29, 1.82) is 0 Å². The molecule has 8 nitrogen and oxygen atoms in total. The summed E-state index contributed by atoms with van der Waals surface area (Å²) in [4.78, 5) is 15.6. The second-order valence-electron chi connectivity index (χ2n) is 10.7. The fourth-order valence-corrected chi connectivity index (χ4v) is 4.01. The number of allylic oxidation sites excluding steroid dienone is 3. The minimum Gasteiger partial charge on any atom is -0.464 e. The molecule has 0 radical (unpaired) electrons. The van der Waals surface area contributed by atoms with E-state index in [1.165, 1.54) is 13.4 Å². The molecule has 9 heteroatoms. The smallest absolute Gasteiger partial charge is 0.360 e. The standard InChI is InChI=1S/C29H45NO7Si/c1-9-15-26(37-22-35-18-19-38(6,7)8)29(2,3)25(31)17-14-12-10-11-13-16-23(33-4)20-27-30-24(21-36-27)28(32)34-5/h9,12-16,21,23,25-26,31H,17-20,22H2,1-8H3/b14-12-,15-9+,16-13+/t23-,25-,26-/m0/s1. The number of carbonyl (C=O) groups excluding carboxylic acids is 1. The maximum absolute atomic E-state index is 11.5. The van der Waals surface area contributed by atoms with Crippen LogP contribution in [0.15, 0.2) is 47.1 Å². The maximum Gasteiger partial charge on any atom is 0.360 e. The highest BCUT2D eigenvalue weighted by Gasteiger charge is 2.35. The van der Waals surface area contributed by atoms with Crippen molar-refractivity contribution in [3.8, 4) is 11.8 Å². The number of aliphatic hydroxyl groups is 1. The largest absolute Gasteiger partial charge is 0.464 e. The Morgan fingerprint density at radius 2 is 1.92 bits per heavy atom. The van der Waals surface area contributed by atoms with Crippen LogP contribution in [0.4, 0.5) is 0 Å². The van der Waals surface area contributed by atoms with Crippen LogP contribution in [0.3, 0.4) is 0 Å². The summed E-state index contributed by atoms with van der Waals surface area (Å²) in [6.07, 6.45) is 11.7. The molecule has 0 aliphatic rings. The predicted octanol–water partition coefficient (Wildman–Crippen LogP) is 5.19. The van der Waals surface area contributed by atoms with Gasteiger partial charge in [-0.3, -0.25) is 0 Å². The number of methoxy groups -OCH3 is 2. The zero-order valence-corrected chi connectivity index (χ0v) is 25.2. The molecule has 0 aliphatic heterocycles. The Morgan fingerprint density at radius 3 is 2.55 bits per heavy atom. The van der Waals surface area contributed by atoms with Gasteiger partial charge in [-0.15, -0.1) is 0 Å². The number of carbonyl (C=O) groups is 1. The van der Waals surface area contributed by atoms with Crippen LogP contribution in [0.5, 0.6) is 0 Å². The van der Waals surface area contributed by atoms with Gasteiger partial charge in [0.1, 0.15) is 13.1 Å². The van der Waals surface area contributed by atoms with Crippen LogP contribution in [-0.4, -0.2) is 70.1 Å². The van der Waals surface area contributed by atoms with Crippen molar-refractivity contribution in [3.63, 3.8) is 0 Å². The fourth-order valence-electron chi connectivity index (χ4n) is 3.26. The highest BCUT2D eigenvalue weighted by molar-refractivity contribution is 6.76. The Kier molecular flexibility index (Phi) is 15.2. The summed E-state index contributed by atoms with van der Waals surface area (Å²) in [5.74, 6) is 5.66. The summed E-state index contributed by atoms with van der Waals surface area (Å²) < 4.78 is 27.0. The van der Waals surface area contributed by atoms with Crippen molar-refractivity contribution in [1.82, 2.24) is 4.98 Å². The summed E-state index contributed by atoms with van der Waals surface area (Å²) in [6.45, 7) is 13.7. The van der Waals surface area contributed by atoms with Crippen LogP contribution in [0.25, 0.3) is 0 Å². The van der Waals surface area contributed by atoms with Crippen LogP contribution < -0.4 is 0 Å². The first-order valence-corrected chi connectivity index (χ1v) is 16.5. The molecule has 212 valence electrons. The van der Waals surface area contributed by atoms with Gasteiger partial charge in [0, 0.05) is 27.2 Å². The van der Waals surface area contributed by atoms with Crippen molar-refractivity contribution in [2.75, 3.05) is 27.6 Å². The molecular formula is C29H45NO7Si. The minimum atomic E-state index is -1.14. The number of aliphatic hydroxyl groups excluding tert-OH is 1. The molecule has 0 amide bonds. The first-order chi connectivity index (χ1) is 17.9. The van der Waals surface area contributed by atoms with Crippen molar-refractivity contribution in [3.05, 3.63) is 54.3 Å². The Labute approximate surface area is 229 Å². The lowest BCUT2D eigenvalue weighted by Gasteiger charge is -2.36. The van der Waals surface area contributed by atoms with Crippen LogP contribution in [0, 0.1) is 17.3 Å². The number of oxazole rings is 1. The zero-order chi connectivity index (χ0) is 28.6. The lowest BCUT2D eigenvalue weighted by Crippen LogP contribution is -2.41. The number of aromatic nitrogens is 1. The number of nitrogens with zero attached hydrogens (tertiary/aromatic N) is 1. The van der Waals surface area contributed by atoms with E-state index in [0.29, 0.717) is 25.3 Å². The molecule has 1 heterocycles. The number of esters is 1. The quantitative estimate of drug-likeness (QED) is 0.0754. The average Bonchev–Trinajstić information content (AvgIpc) is 3.33. The van der Waals surface area contributed by atoms with E-state index in [4.69, 9.17) is 18.6 Å². The third-order valence-corrected chi connectivity index (χ3v) is 7.65. The van der Waals surface area contributed by atoms with Gasteiger partial charge in [0.15, 0.2) is 11.6 Å². The Morgan fingerprint density at radius 1 is 1.21 bits per heavy atom. The van der Waals surface area contributed by atoms with Crippen LogP contribution >= 0.6 is 0 Å². The van der Waals surface area contributed by atoms with E-state index in [1.807, 2.05) is 39.0 Å². The monoisotopic (exact) mass is 547 g/mol. The van der Waals surface area contributed by atoms with E-state index in [1.54, 1.807) is 25.3 Å². The van der Waals surface area contributed by atoms with Crippen molar-refractivity contribution in [2.24, 2.45) is 5.41 Å².